The van der Waals surface area contributed by atoms with Gasteiger partial charge in [0, 0.05) is 30.7 Å². The van der Waals surface area contributed by atoms with E-state index in [0.717, 1.165) is 5.69 Å². The number of pyridine rings is 1. The first-order valence-corrected chi connectivity index (χ1v) is 7.41. The van der Waals surface area contributed by atoms with E-state index in [2.05, 4.69) is 16.2 Å². The Hall–Kier alpha value is -3.17. The summed E-state index contributed by atoms with van der Waals surface area (Å²) in [5.41, 5.74) is 1.76. The standard InChI is InChI=1S/C17H12ClN5O/c1-22(16-9-13(18)4-3-12(16)11-19)17(24)15-10-14(5-7-20-15)23-8-2-6-21-23/h2-10H,1H3. The number of aromatic nitrogens is 3. The summed E-state index contributed by atoms with van der Waals surface area (Å²) in [6.45, 7) is 0. The van der Waals surface area contributed by atoms with Crippen LogP contribution in [0.5, 0.6) is 0 Å². The molecule has 0 atom stereocenters. The van der Waals surface area contributed by atoms with Gasteiger partial charge in [-0.2, -0.15) is 10.4 Å². The van der Waals surface area contributed by atoms with Crippen LogP contribution in [0.15, 0.2) is 55.0 Å². The van der Waals surface area contributed by atoms with Crippen molar-refractivity contribution in [3.8, 4) is 11.8 Å². The lowest BCUT2D eigenvalue weighted by Gasteiger charge is -2.18. The molecular formula is C17H12ClN5O. The summed E-state index contributed by atoms with van der Waals surface area (Å²) in [6.07, 6.45) is 4.97. The SMILES string of the molecule is CN(C(=O)c1cc(-n2cccn2)ccn1)c1cc(Cl)ccc1C#N. The molecular weight excluding hydrogens is 326 g/mol. The van der Waals surface area contributed by atoms with Crippen LogP contribution >= 0.6 is 11.6 Å². The van der Waals surface area contributed by atoms with Crippen LogP contribution in [0, 0.1) is 11.3 Å². The van der Waals surface area contributed by atoms with Crippen LogP contribution in [-0.2, 0) is 0 Å². The number of halogens is 1. The fraction of sp³-hybridized carbons (Fsp3) is 0.0588. The topological polar surface area (TPSA) is 74.8 Å². The first-order valence-electron chi connectivity index (χ1n) is 7.04. The maximum absolute atomic E-state index is 12.7. The number of hydrogen-bond acceptors (Lipinski definition) is 4. The van der Waals surface area contributed by atoms with Gasteiger partial charge in [-0.15, -0.1) is 0 Å². The van der Waals surface area contributed by atoms with E-state index >= 15 is 0 Å². The minimum Gasteiger partial charge on any atom is -0.309 e. The van der Waals surface area contributed by atoms with Crippen LogP contribution < -0.4 is 4.90 Å². The van der Waals surface area contributed by atoms with Gasteiger partial charge >= 0.3 is 0 Å². The zero-order valence-electron chi connectivity index (χ0n) is 12.7. The number of nitrogens with zero attached hydrogens (tertiary/aromatic N) is 5. The molecule has 0 fully saturated rings. The lowest BCUT2D eigenvalue weighted by atomic mass is 10.1. The fourth-order valence-electron chi connectivity index (χ4n) is 2.26. The van der Waals surface area contributed by atoms with E-state index in [1.54, 1.807) is 66.7 Å². The van der Waals surface area contributed by atoms with E-state index in [-0.39, 0.29) is 11.6 Å². The van der Waals surface area contributed by atoms with Crippen molar-refractivity contribution in [2.75, 3.05) is 11.9 Å². The first-order chi connectivity index (χ1) is 11.6. The molecule has 0 aliphatic carbocycles. The van der Waals surface area contributed by atoms with E-state index in [1.165, 1.54) is 4.90 Å². The highest BCUT2D eigenvalue weighted by atomic mass is 35.5. The Morgan fingerprint density at radius 1 is 1.29 bits per heavy atom. The second-order valence-corrected chi connectivity index (χ2v) is 5.42. The molecule has 0 aliphatic heterocycles. The Morgan fingerprint density at radius 3 is 2.83 bits per heavy atom. The molecule has 3 rings (SSSR count). The number of carbonyl (C=O) groups excluding carboxylic acids is 1. The molecule has 0 spiro atoms. The van der Waals surface area contributed by atoms with Gasteiger partial charge in [-0.3, -0.25) is 9.78 Å². The third-order valence-corrected chi connectivity index (χ3v) is 3.71. The minimum absolute atomic E-state index is 0.245. The van der Waals surface area contributed by atoms with Crippen LogP contribution in [-0.4, -0.2) is 27.7 Å². The average molecular weight is 338 g/mol. The molecule has 0 radical (unpaired) electrons. The van der Waals surface area contributed by atoms with Crippen LogP contribution in [0.25, 0.3) is 5.69 Å². The molecule has 0 saturated heterocycles. The number of carbonyl (C=O) groups is 1. The Bertz CT molecular complexity index is 930. The molecule has 3 aromatic rings. The monoisotopic (exact) mass is 337 g/mol. The van der Waals surface area contributed by atoms with Crippen molar-refractivity contribution in [1.82, 2.24) is 14.8 Å². The van der Waals surface area contributed by atoms with Gasteiger partial charge < -0.3 is 4.90 Å². The summed E-state index contributed by atoms with van der Waals surface area (Å²) in [6, 6.07) is 12.0. The fourth-order valence-corrected chi connectivity index (χ4v) is 2.42. The number of hydrogen-bond donors (Lipinski definition) is 0. The van der Waals surface area contributed by atoms with Gasteiger partial charge in [-0.1, -0.05) is 11.6 Å². The quantitative estimate of drug-likeness (QED) is 0.736. The van der Waals surface area contributed by atoms with Crippen LogP contribution in [0.1, 0.15) is 16.1 Å². The number of rotatable bonds is 3. The molecule has 0 aliphatic rings. The van der Waals surface area contributed by atoms with Crippen molar-refractivity contribution < 1.29 is 4.79 Å². The van der Waals surface area contributed by atoms with Crippen molar-refractivity contribution in [2.45, 2.75) is 0 Å². The number of anilines is 1. The molecule has 0 N–H and O–H groups in total. The minimum atomic E-state index is -0.345. The van der Waals surface area contributed by atoms with Gasteiger partial charge in [-0.05, 0) is 36.4 Å². The van der Waals surface area contributed by atoms with Gasteiger partial charge in [0.1, 0.15) is 11.8 Å². The summed E-state index contributed by atoms with van der Waals surface area (Å²) < 4.78 is 1.64. The van der Waals surface area contributed by atoms with E-state index in [0.29, 0.717) is 16.3 Å². The molecule has 24 heavy (non-hydrogen) atoms. The van der Waals surface area contributed by atoms with Crippen molar-refractivity contribution in [3.63, 3.8) is 0 Å². The van der Waals surface area contributed by atoms with Crippen LogP contribution in [0.4, 0.5) is 5.69 Å². The highest BCUT2D eigenvalue weighted by Gasteiger charge is 2.18. The Kier molecular flexibility index (Phi) is 4.27. The highest BCUT2D eigenvalue weighted by molar-refractivity contribution is 6.31. The smallest absolute Gasteiger partial charge is 0.276 e. The maximum atomic E-state index is 12.7. The molecule has 1 amide bonds. The van der Waals surface area contributed by atoms with E-state index < -0.39 is 0 Å². The molecule has 2 aromatic heterocycles. The van der Waals surface area contributed by atoms with Crippen LogP contribution in [0.3, 0.4) is 0 Å². The highest BCUT2D eigenvalue weighted by Crippen LogP contribution is 2.24. The molecule has 2 heterocycles. The van der Waals surface area contributed by atoms with Gasteiger partial charge in [0.05, 0.1) is 16.9 Å². The third kappa shape index (κ3) is 2.98. The first kappa shape index (κ1) is 15.7. The predicted molar refractivity (Wildman–Crippen MR) is 90.3 cm³/mol. The number of amides is 1. The summed E-state index contributed by atoms with van der Waals surface area (Å²) >= 11 is 5.99. The summed E-state index contributed by atoms with van der Waals surface area (Å²) in [7, 11) is 1.58. The van der Waals surface area contributed by atoms with Crippen molar-refractivity contribution in [2.24, 2.45) is 0 Å². The predicted octanol–water partition coefficient (Wildman–Crippen LogP) is 3.07. The largest absolute Gasteiger partial charge is 0.309 e. The van der Waals surface area contributed by atoms with Gasteiger partial charge in [-0.25, -0.2) is 4.68 Å². The molecule has 118 valence electrons. The summed E-state index contributed by atoms with van der Waals surface area (Å²) in [5.74, 6) is -0.345. The van der Waals surface area contributed by atoms with Crippen molar-refractivity contribution in [1.29, 1.82) is 5.26 Å². The number of benzene rings is 1. The van der Waals surface area contributed by atoms with Gasteiger partial charge in [0.15, 0.2) is 0 Å². The van der Waals surface area contributed by atoms with Gasteiger partial charge in [0.25, 0.3) is 5.91 Å². The Morgan fingerprint density at radius 2 is 2.12 bits per heavy atom. The second-order valence-electron chi connectivity index (χ2n) is 4.99. The molecule has 0 unspecified atom stereocenters. The second kappa shape index (κ2) is 6.52. The normalized spacial score (nSPS) is 10.2. The Labute approximate surface area is 143 Å². The molecule has 6 nitrogen and oxygen atoms in total. The van der Waals surface area contributed by atoms with E-state index in [4.69, 9.17) is 11.6 Å². The lowest BCUT2D eigenvalue weighted by Crippen LogP contribution is -2.28. The van der Waals surface area contributed by atoms with Gasteiger partial charge in [0.2, 0.25) is 0 Å². The number of nitriles is 1. The lowest BCUT2D eigenvalue weighted by molar-refractivity contribution is 0.0988. The molecule has 7 heteroatoms. The van der Waals surface area contributed by atoms with Crippen LogP contribution in [0.2, 0.25) is 5.02 Å². The van der Waals surface area contributed by atoms with Crippen molar-refractivity contribution in [3.05, 3.63) is 71.3 Å². The Balaban J connectivity index is 1.96. The average Bonchev–Trinajstić information content (AvgIpc) is 3.15. The molecule has 0 bridgehead atoms. The zero-order chi connectivity index (χ0) is 17.1. The maximum Gasteiger partial charge on any atom is 0.276 e. The molecule has 1 aromatic carbocycles. The van der Waals surface area contributed by atoms with E-state index in [9.17, 15) is 10.1 Å². The van der Waals surface area contributed by atoms with Crippen molar-refractivity contribution >= 4 is 23.2 Å². The van der Waals surface area contributed by atoms with E-state index in [1.807, 2.05) is 0 Å². The third-order valence-electron chi connectivity index (χ3n) is 3.48. The summed E-state index contributed by atoms with van der Waals surface area (Å²) in [5, 5.41) is 13.8. The molecule has 0 saturated carbocycles. The zero-order valence-corrected chi connectivity index (χ0v) is 13.5. The summed E-state index contributed by atoms with van der Waals surface area (Å²) in [4.78, 5) is 18.2.